The van der Waals surface area contributed by atoms with Crippen LogP contribution in [0, 0.1) is 0 Å². The molecule has 8 heteroatoms. The molecule has 1 atom stereocenters. The number of carbonyl (C=O) groups excluding carboxylic acids is 1. The summed E-state index contributed by atoms with van der Waals surface area (Å²) < 4.78 is 7.30. The molecule has 0 fully saturated rings. The number of fused-ring (bicyclic) bond motifs is 1. The highest BCUT2D eigenvalue weighted by Gasteiger charge is 2.34. The third kappa shape index (κ3) is 3.82. The van der Waals surface area contributed by atoms with E-state index in [0.717, 1.165) is 23.4 Å². The lowest BCUT2D eigenvalue weighted by Crippen LogP contribution is -2.31. The zero-order valence-electron chi connectivity index (χ0n) is 16.3. The zero-order chi connectivity index (χ0) is 20.2. The number of anilines is 2. The summed E-state index contributed by atoms with van der Waals surface area (Å²) in [5.41, 5.74) is 2.87. The molecule has 1 amide bonds. The smallest absolute Gasteiger partial charge is 0.255 e. The lowest BCUT2D eigenvalue weighted by atomic mass is 9.95. The van der Waals surface area contributed by atoms with Gasteiger partial charge >= 0.3 is 0 Å². The van der Waals surface area contributed by atoms with Crippen LogP contribution >= 0.6 is 0 Å². The van der Waals surface area contributed by atoms with Crippen molar-refractivity contribution in [2.24, 2.45) is 0 Å². The number of nitrogens with zero attached hydrogens (tertiary/aromatic N) is 4. The molecule has 0 aliphatic carbocycles. The van der Waals surface area contributed by atoms with E-state index in [4.69, 9.17) is 4.74 Å². The maximum atomic E-state index is 13.2. The van der Waals surface area contributed by atoms with Crippen LogP contribution < -0.4 is 15.4 Å². The SMILES string of the molecule is CCCOc1ccc(C2C(C(=O)Nc3ccccc3)=C(C)Nc3nnnn32)cc1. The normalized spacial score (nSPS) is 15.4. The number of para-hydroxylation sites is 1. The summed E-state index contributed by atoms with van der Waals surface area (Å²) in [4.78, 5) is 13.2. The molecule has 1 unspecified atom stereocenters. The van der Waals surface area contributed by atoms with Crippen LogP contribution in [-0.2, 0) is 4.79 Å². The number of ether oxygens (including phenoxy) is 1. The van der Waals surface area contributed by atoms with Crippen molar-refractivity contribution in [2.75, 3.05) is 17.2 Å². The molecular weight excluding hydrogens is 368 g/mol. The Labute approximate surface area is 168 Å². The fraction of sp³-hybridized carbons (Fsp3) is 0.238. The molecular formula is C21H22N6O2. The molecule has 0 saturated carbocycles. The molecule has 148 valence electrons. The standard InChI is InChI=1S/C21H22N6O2/c1-3-13-29-17-11-9-15(10-12-17)19-18(14(2)22-21-24-25-26-27(19)21)20(28)23-16-7-5-4-6-8-16/h4-12,19H,3,13H2,1-2H3,(H,23,28)(H,22,24,26). The summed E-state index contributed by atoms with van der Waals surface area (Å²) in [6.07, 6.45) is 0.940. The number of amides is 1. The van der Waals surface area contributed by atoms with E-state index in [1.807, 2.05) is 61.5 Å². The van der Waals surface area contributed by atoms with E-state index >= 15 is 0 Å². The second-order valence-electron chi connectivity index (χ2n) is 6.75. The topological polar surface area (TPSA) is 94.0 Å². The zero-order valence-corrected chi connectivity index (χ0v) is 16.3. The number of nitrogens with one attached hydrogen (secondary N) is 2. The van der Waals surface area contributed by atoms with Crippen molar-refractivity contribution >= 4 is 17.5 Å². The highest BCUT2D eigenvalue weighted by molar-refractivity contribution is 6.05. The summed E-state index contributed by atoms with van der Waals surface area (Å²) in [5.74, 6) is 1.08. The van der Waals surface area contributed by atoms with Gasteiger partial charge in [-0.2, -0.15) is 4.68 Å². The molecule has 4 rings (SSSR count). The van der Waals surface area contributed by atoms with Crippen molar-refractivity contribution in [1.82, 2.24) is 20.2 Å². The highest BCUT2D eigenvalue weighted by Crippen LogP contribution is 2.35. The Morgan fingerprint density at radius 1 is 1.17 bits per heavy atom. The summed E-state index contributed by atoms with van der Waals surface area (Å²) >= 11 is 0. The minimum absolute atomic E-state index is 0.210. The Morgan fingerprint density at radius 2 is 1.93 bits per heavy atom. The van der Waals surface area contributed by atoms with Gasteiger partial charge in [0.05, 0.1) is 12.2 Å². The Hall–Kier alpha value is -3.68. The highest BCUT2D eigenvalue weighted by atomic mass is 16.5. The van der Waals surface area contributed by atoms with Gasteiger partial charge in [-0.15, -0.1) is 0 Å². The van der Waals surface area contributed by atoms with Crippen molar-refractivity contribution in [2.45, 2.75) is 26.3 Å². The van der Waals surface area contributed by atoms with Crippen molar-refractivity contribution in [3.63, 3.8) is 0 Å². The van der Waals surface area contributed by atoms with E-state index in [-0.39, 0.29) is 5.91 Å². The number of hydrogen-bond donors (Lipinski definition) is 2. The van der Waals surface area contributed by atoms with Gasteiger partial charge in [-0.05, 0) is 53.6 Å². The molecule has 2 N–H and O–H groups in total. The molecule has 0 bridgehead atoms. The third-order valence-electron chi connectivity index (χ3n) is 4.66. The largest absolute Gasteiger partial charge is 0.494 e. The summed E-state index contributed by atoms with van der Waals surface area (Å²) in [6.45, 7) is 4.57. The third-order valence-corrected chi connectivity index (χ3v) is 4.66. The number of allylic oxidation sites excluding steroid dienone is 1. The van der Waals surface area contributed by atoms with E-state index in [1.54, 1.807) is 4.68 Å². The van der Waals surface area contributed by atoms with Crippen LogP contribution in [0.25, 0.3) is 0 Å². The van der Waals surface area contributed by atoms with Gasteiger partial charge in [0.2, 0.25) is 5.95 Å². The predicted octanol–water partition coefficient (Wildman–Crippen LogP) is 3.39. The van der Waals surface area contributed by atoms with Crippen LogP contribution in [0.5, 0.6) is 5.75 Å². The monoisotopic (exact) mass is 390 g/mol. The first-order valence-electron chi connectivity index (χ1n) is 9.52. The number of aromatic nitrogens is 4. The van der Waals surface area contributed by atoms with Gasteiger partial charge in [0.15, 0.2) is 0 Å². The number of benzene rings is 2. The van der Waals surface area contributed by atoms with Crippen LogP contribution in [-0.4, -0.2) is 32.7 Å². The van der Waals surface area contributed by atoms with Crippen molar-refractivity contribution in [3.05, 3.63) is 71.4 Å². The van der Waals surface area contributed by atoms with E-state index < -0.39 is 6.04 Å². The molecule has 0 spiro atoms. The van der Waals surface area contributed by atoms with Gasteiger partial charge in [-0.25, -0.2) is 0 Å². The minimum atomic E-state index is -0.454. The van der Waals surface area contributed by atoms with Gasteiger partial charge < -0.3 is 15.4 Å². The Kier molecular flexibility index (Phi) is 5.24. The Bertz CT molecular complexity index is 1030. The van der Waals surface area contributed by atoms with Gasteiger partial charge in [0, 0.05) is 11.4 Å². The summed E-state index contributed by atoms with van der Waals surface area (Å²) in [5, 5.41) is 18.0. The molecule has 8 nitrogen and oxygen atoms in total. The van der Waals surface area contributed by atoms with Crippen molar-refractivity contribution in [3.8, 4) is 5.75 Å². The molecule has 2 heterocycles. The van der Waals surface area contributed by atoms with Gasteiger partial charge in [-0.3, -0.25) is 4.79 Å². The first kappa shape index (κ1) is 18.7. The number of tetrazole rings is 1. The number of rotatable bonds is 6. The lowest BCUT2D eigenvalue weighted by molar-refractivity contribution is -0.113. The average molecular weight is 390 g/mol. The molecule has 1 aliphatic rings. The maximum absolute atomic E-state index is 13.2. The van der Waals surface area contributed by atoms with Crippen LogP contribution in [0.15, 0.2) is 65.9 Å². The van der Waals surface area contributed by atoms with E-state index in [0.29, 0.717) is 23.8 Å². The second-order valence-corrected chi connectivity index (χ2v) is 6.75. The first-order chi connectivity index (χ1) is 14.2. The summed E-state index contributed by atoms with van der Waals surface area (Å²) in [6, 6.07) is 16.6. The van der Waals surface area contributed by atoms with Gasteiger partial charge in [0.25, 0.3) is 5.91 Å². The number of hydrogen-bond acceptors (Lipinski definition) is 6. The molecule has 3 aromatic rings. The fourth-order valence-electron chi connectivity index (χ4n) is 3.30. The quantitative estimate of drug-likeness (QED) is 0.670. The lowest BCUT2D eigenvalue weighted by Gasteiger charge is -2.28. The Morgan fingerprint density at radius 3 is 2.66 bits per heavy atom. The second kappa shape index (κ2) is 8.14. The molecule has 0 saturated heterocycles. The molecule has 1 aromatic heterocycles. The Balaban J connectivity index is 1.69. The van der Waals surface area contributed by atoms with Gasteiger partial charge in [-0.1, -0.05) is 42.4 Å². The van der Waals surface area contributed by atoms with E-state index in [2.05, 4.69) is 33.1 Å². The average Bonchev–Trinajstić information content (AvgIpc) is 3.20. The van der Waals surface area contributed by atoms with Crippen LogP contribution in [0.4, 0.5) is 11.6 Å². The van der Waals surface area contributed by atoms with E-state index in [1.165, 1.54) is 0 Å². The molecule has 1 aliphatic heterocycles. The van der Waals surface area contributed by atoms with Crippen LogP contribution in [0.3, 0.4) is 0 Å². The van der Waals surface area contributed by atoms with Gasteiger partial charge in [0.1, 0.15) is 11.8 Å². The number of carbonyl (C=O) groups is 1. The summed E-state index contributed by atoms with van der Waals surface area (Å²) in [7, 11) is 0. The van der Waals surface area contributed by atoms with Crippen molar-refractivity contribution < 1.29 is 9.53 Å². The molecule has 0 radical (unpaired) electrons. The maximum Gasteiger partial charge on any atom is 0.255 e. The van der Waals surface area contributed by atoms with E-state index in [9.17, 15) is 4.79 Å². The first-order valence-corrected chi connectivity index (χ1v) is 9.52. The van der Waals surface area contributed by atoms with Crippen LogP contribution in [0.1, 0.15) is 31.9 Å². The fourth-order valence-corrected chi connectivity index (χ4v) is 3.30. The molecule has 29 heavy (non-hydrogen) atoms. The molecule has 2 aromatic carbocycles. The minimum Gasteiger partial charge on any atom is -0.494 e. The van der Waals surface area contributed by atoms with Crippen molar-refractivity contribution in [1.29, 1.82) is 0 Å². The van der Waals surface area contributed by atoms with Crippen LogP contribution in [0.2, 0.25) is 0 Å². The predicted molar refractivity (Wildman–Crippen MR) is 110 cm³/mol.